The van der Waals surface area contributed by atoms with E-state index < -0.39 is 11.8 Å². The SMILES string of the molecule is Cc1ccc(/C=C2\N=C(c3cccc(F)c3)OC2=O)cc1. The lowest BCUT2D eigenvalue weighted by Crippen LogP contribution is -2.05. The summed E-state index contributed by atoms with van der Waals surface area (Å²) in [7, 11) is 0. The zero-order valence-corrected chi connectivity index (χ0v) is 11.3. The predicted molar refractivity (Wildman–Crippen MR) is 78.2 cm³/mol. The van der Waals surface area contributed by atoms with Crippen molar-refractivity contribution in [2.45, 2.75) is 6.92 Å². The van der Waals surface area contributed by atoms with Crippen LogP contribution in [0.25, 0.3) is 6.08 Å². The third-order valence-electron chi connectivity index (χ3n) is 3.07. The minimum Gasteiger partial charge on any atom is -0.402 e. The van der Waals surface area contributed by atoms with Gasteiger partial charge in [0.25, 0.3) is 0 Å². The van der Waals surface area contributed by atoms with E-state index in [1.165, 1.54) is 12.1 Å². The molecule has 21 heavy (non-hydrogen) atoms. The zero-order chi connectivity index (χ0) is 14.8. The molecule has 4 heteroatoms. The van der Waals surface area contributed by atoms with Crippen LogP contribution in [-0.4, -0.2) is 11.9 Å². The van der Waals surface area contributed by atoms with E-state index in [4.69, 9.17) is 4.74 Å². The van der Waals surface area contributed by atoms with E-state index >= 15 is 0 Å². The number of nitrogens with zero attached hydrogens (tertiary/aromatic N) is 1. The van der Waals surface area contributed by atoms with Crippen LogP contribution in [-0.2, 0) is 9.53 Å². The second kappa shape index (κ2) is 5.32. The van der Waals surface area contributed by atoms with Gasteiger partial charge in [-0.1, -0.05) is 35.9 Å². The van der Waals surface area contributed by atoms with Crippen LogP contribution in [0.1, 0.15) is 16.7 Å². The first-order valence-corrected chi connectivity index (χ1v) is 6.47. The molecule has 3 nitrogen and oxygen atoms in total. The fraction of sp³-hybridized carbons (Fsp3) is 0.0588. The summed E-state index contributed by atoms with van der Waals surface area (Å²) in [5.74, 6) is -0.810. The van der Waals surface area contributed by atoms with Gasteiger partial charge in [-0.05, 0) is 36.8 Å². The largest absolute Gasteiger partial charge is 0.402 e. The van der Waals surface area contributed by atoms with Crippen LogP contribution in [0.3, 0.4) is 0 Å². The van der Waals surface area contributed by atoms with Crippen LogP contribution < -0.4 is 0 Å². The Morgan fingerprint density at radius 2 is 1.90 bits per heavy atom. The van der Waals surface area contributed by atoms with Gasteiger partial charge < -0.3 is 4.74 Å². The Morgan fingerprint density at radius 3 is 2.62 bits per heavy atom. The van der Waals surface area contributed by atoms with Gasteiger partial charge in [-0.3, -0.25) is 0 Å². The molecule has 0 aliphatic carbocycles. The van der Waals surface area contributed by atoms with E-state index in [1.54, 1.807) is 18.2 Å². The van der Waals surface area contributed by atoms with Crippen LogP contribution in [0.15, 0.2) is 59.2 Å². The molecule has 0 saturated heterocycles. The summed E-state index contributed by atoms with van der Waals surface area (Å²) >= 11 is 0. The number of hydrogen-bond donors (Lipinski definition) is 0. The molecule has 3 rings (SSSR count). The summed E-state index contributed by atoms with van der Waals surface area (Å²) in [4.78, 5) is 16.0. The number of benzene rings is 2. The number of rotatable bonds is 2. The van der Waals surface area contributed by atoms with E-state index in [9.17, 15) is 9.18 Å². The van der Waals surface area contributed by atoms with Gasteiger partial charge in [0.05, 0.1) is 0 Å². The monoisotopic (exact) mass is 281 g/mol. The lowest BCUT2D eigenvalue weighted by molar-refractivity contribution is -0.129. The van der Waals surface area contributed by atoms with E-state index in [-0.39, 0.29) is 11.6 Å². The number of halogens is 1. The maximum atomic E-state index is 13.2. The first kappa shape index (κ1) is 13.2. The maximum Gasteiger partial charge on any atom is 0.363 e. The molecule has 0 aromatic heterocycles. The number of cyclic esters (lactones) is 1. The summed E-state index contributed by atoms with van der Waals surface area (Å²) in [5.41, 5.74) is 2.64. The average Bonchev–Trinajstić information content (AvgIpc) is 2.83. The highest BCUT2D eigenvalue weighted by Gasteiger charge is 2.24. The van der Waals surface area contributed by atoms with Crippen LogP contribution in [0.5, 0.6) is 0 Å². The normalized spacial score (nSPS) is 16.0. The Hall–Kier alpha value is -2.75. The highest BCUT2D eigenvalue weighted by atomic mass is 19.1. The molecule has 0 radical (unpaired) electrons. The van der Waals surface area contributed by atoms with Crippen LogP contribution in [0.4, 0.5) is 4.39 Å². The highest BCUT2D eigenvalue weighted by Crippen LogP contribution is 2.19. The Labute approximate surface area is 121 Å². The number of ether oxygens (including phenoxy) is 1. The number of carbonyl (C=O) groups excluding carboxylic acids is 1. The quantitative estimate of drug-likeness (QED) is 0.624. The highest BCUT2D eigenvalue weighted by molar-refractivity contribution is 6.12. The van der Waals surface area contributed by atoms with Gasteiger partial charge in [-0.2, -0.15) is 0 Å². The topological polar surface area (TPSA) is 38.7 Å². The second-order valence-electron chi connectivity index (χ2n) is 4.76. The maximum absolute atomic E-state index is 13.2. The lowest BCUT2D eigenvalue weighted by atomic mass is 10.1. The molecule has 0 bridgehead atoms. The number of hydrogen-bond acceptors (Lipinski definition) is 3. The van der Waals surface area contributed by atoms with Crippen LogP contribution in [0.2, 0.25) is 0 Å². The molecule has 0 amide bonds. The van der Waals surface area contributed by atoms with Gasteiger partial charge in [0, 0.05) is 5.56 Å². The number of aryl methyl sites for hydroxylation is 1. The molecular formula is C17H12FNO2. The summed E-state index contributed by atoms with van der Waals surface area (Å²) < 4.78 is 18.3. The molecule has 1 aliphatic rings. The zero-order valence-electron chi connectivity index (χ0n) is 11.3. The molecule has 0 saturated carbocycles. The van der Waals surface area contributed by atoms with Crippen molar-refractivity contribution in [3.05, 3.63) is 76.7 Å². The number of aliphatic imine (C=N–C) groups is 1. The molecule has 0 spiro atoms. The van der Waals surface area contributed by atoms with Gasteiger partial charge in [-0.25, -0.2) is 14.2 Å². The first-order valence-electron chi connectivity index (χ1n) is 6.47. The van der Waals surface area contributed by atoms with Crippen LogP contribution >= 0.6 is 0 Å². The Bertz CT molecular complexity index is 761. The second-order valence-corrected chi connectivity index (χ2v) is 4.76. The van der Waals surface area contributed by atoms with Gasteiger partial charge in [0.1, 0.15) is 5.82 Å². The molecule has 1 aliphatic heterocycles. The Morgan fingerprint density at radius 1 is 1.14 bits per heavy atom. The van der Waals surface area contributed by atoms with Crippen LogP contribution in [0, 0.1) is 12.7 Å². The summed E-state index contributed by atoms with van der Waals surface area (Å²) in [6.45, 7) is 1.99. The van der Waals surface area contributed by atoms with Crippen molar-refractivity contribution < 1.29 is 13.9 Å². The van der Waals surface area contributed by atoms with Crippen molar-refractivity contribution in [1.29, 1.82) is 0 Å². The molecule has 104 valence electrons. The Balaban J connectivity index is 1.93. The third-order valence-corrected chi connectivity index (χ3v) is 3.07. The first-order chi connectivity index (χ1) is 10.1. The number of carbonyl (C=O) groups is 1. The van der Waals surface area contributed by atoms with E-state index in [0.717, 1.165) is 11.1 Å². The molecule has 0 N–H and O–H groups in total. The molecule has 1 heterocycles. The van der Waals surface area contributed by atoms with Crippen molar-refractivity contribution in [3.63, 3.8) is 0 Å². The average molecular weight is 281 g/mol. The van der Waals surface area contributed by atoms with Gasteiger partial charge in [-0.15, -0.1) is 0 Å². The summed E-state index contributed by atoms with van der Waals surface area (Å²) in [6, 6.07) is 13.5. The molecule has 2 aromatic carbocycles. The van der Waals surface area contributed by atoms with Gasteiger partial charge >= 0.3 is 5.97 Å². The smallest absolute Gasteiger partial charge is 0.363 e. The minimum absolute atomic E-state index is 0.123. The van der Waals surface area contributed by atoms with Gasteiger partial charge in [0.2, 0.25) is 5.90 Å². The van der Waals surface area contributed by atoms with Crippen molar-refractivity contribution in [2.24, 2.45) is 4.99 Å². The minimum atomic E-state index is -0.533. The number of esters is 1. The summed E-state index contributed by atoms with van der Waals surface area (Å²) in [6.07, 6.45) is 1.65. The van der Waals surface area contributed by atoms with Crippen molar-refractivity contribution in [3.8, 4) is 0 Å². The van der Waals surface area contributed by atoms with Crippen molar-refractivity contribution >= 4 is 17.9 Å². The van der Waals surface area contributed by atoms with Crippen molar-refractivity contribution in [2.75, 3.05) is 0 Å². The fourth-order valence-electron chi connectivity index (χ4n) is 1.97. The Kier molecular flexibility index (Phi) is 3.36. The lowest BCUT2D eigenvalue weighted by Gasteiger charge is -1.98. The standard InChI is InChI=1S/C17H12FNO2/c1-11-5-7-12(8-6-11)9-15-17(20)21-16(19-15)13-3-2-4-14(18)10-13/h2-10H,1H3/b15-9-. The predicted octanol–water partition coefficient (Wildman–Crippen LogP) is 3.48. The van der Waals surface area contributed by atoms with E-state index in [0.29, 0.717) is 5.56 Å². The molecule has 0 atom stereocenters. The fourth-order valence-corrected chi connectivity index (χ4v) is 1.97. The third kappa shape index (κ3) is 2.89. The molecule has 0 fully saturated rings. The van der Waals surface area contributed by atoms with Gasteiger partial charge in [0.15, 0.2) is 5.70 Å². The summed E-state index contributed by atoms with van der Waals surface area (Å²) in [5, 5.41) is 0. The van der Waals surface area contributed by atoms with E-state index in [1.807, 2.05) is 31.2 Å². The molecule has 0 unspecified atom stereocenters. The van der Waals surface area contributed by atoms with E-state index in [2.05, 4.69) is 4.99 Å². The molecular weight excluding hydrogens is 269 g/mol. The molecule has 2 aromatic rings. The van der Waals surface area contributed by atoms with Crippen molar-refractivity contribution in [1.82, 2.24) is 0 Å².